The Hall–Kier alpha value is -1.05. The zero-order valence-electron chi connectivity index (χ0n) is 11.9. The largest absolute Gasteiger partial charge is 0.343 e. The summed E-state index contributed by atoms with van der Waals surface area (Å²) in [7, 11) is 0. The quantitative estimate of drug-likeness (QED) is 0.804. The summed E-state index contributed by atoms with van der Waals surface area (Å²) in [5.41, 5.74) is 5.96. The zero-order chi connectivity index (χ0) is 14.7. The van der Waals surface area contributed by atoms with E-state index in [-0.39, 0.29) is 17.0 Å². The van der Waals surface area contributed by atoms with Gasteiger partial charge in [-0.2, -0.15) is 0 Å². The molecule has 0 saturated carbocycles. The second-order valence-electron chi connectivity index (χ2n) is 4.81. The van der Waals surface area contributed by atoms with Crippen LogP contribution >= 0.6 is 23.1 Å². The molecule has 0 bridgehead atoms. The second-order valence-corrected chi connectivity index (χ2v) is 7.24. The average Bonchev–Trinajstić information content (AvgIpc) is 2.95. The number of H-pyrrole nitrogens is 1. The molecule has 0 fully saturated rings. The van der Waals surface area contributed by atoms with E-state index in [0.29, 0.717) is 11.7 Å². The Bertz CT molecular complexity index is 614. The maximum Gasteiger partial charge on any atom is 0.343 e. The van der Waals surface area contributed by atoms with Crippen LogP contribution in [0.25, 0.3) is 0 Å². The Balaban J connectivity index is 2.27. The monoisotopic (exact) mass is 312 g/mol. The number of thioether (sulfide) groups is 1. The summed E-state index contributed by atoms with van der Waals surface area (Å²) < 4.78 is 1.68. The van der Waals surface area contributed by atoms with Gasteiger partial charge in [0.15, 0.2) is 5.16 Å². The molecule has 0 aliphatic rings. The third-order valence-corrected chi connectivity index (χ3v) is 5.61. The highest BCUT2D eigenvalue weighted by molar-refractivity contribution is 7.99. The van der Waals surface area contributed by atoms with Crippen molar-refractivity contribution in [2.45, 2.75) is 50.2 Å². The molecule has 3 N–H and O–H groups in total. The first-order valence-electron chi connectivity index (χ1n) is 6.66. The summed E-state index contributed by atoms with van der Waals surface area (Å²) in [6, 6.07) is 4.19. The minimum atomic E-state index is -0.153. The lowest BCUT2D eigenvalue weighted by molar-refractivity contribution is 0.600. The van der Waals surface area contributed by atoms with E-state index in [2.05, 4.69) is 29.3 Å². The standard InChI is InChI=1S/C13H20N4OS2/c1-4-7-17-12(18)15-16-13(17)20-11(9(3)14)10-6-5-8(2)19-10/h5-6,9,11H,4,7,14H2,1-3H3,(H,15,18). The number of nitrogens with zero attached hydrogens (tertiary/aromatic N) is 2. The molecule has 5 nitrogen and oxygen atoms in total. The predicted octanol–water partition coefficient (Wildman–Crippen LogP) is 2.53. The van der Waals surface area contributed by atoms with E-state index in [1.165, 1.54) is 9.75 Å². The van der Waals surface area contributed by atoms with Crippen LogP contribution in [0.3, 0.4) is 0 Å². The van der Waals surface area contributed by atoms with Crippen LogP contribution in [-0.2, 0) is 6.54 Å². The Morgan fingerprint density at radius 1 is 1.55 bits per heavy atom. The van der Waals surface area contributed by atoms with Crippen molar-refractivity contribution in [3.8, 4) is 0 Å². The minimum Gasteiger partial charge on any atom is -0.327 e. The summed E-state index contributed by atoms with van der Waals surface area (Å²) in [5, 5.41) is 7.47. The van der Waals surface area contributed by atoms with Crippen molar-refractivity contribution in [1.82, 2.24) is 14.8 Å². The van der Waals surface area contributed by atoms with Gasteiger partial charge in [-0.1, -0.05) is 18.7 Å². The molecule has 0 saturated heterocycles. The van der Waals surface area contributed by atoms with Crippen LogP contribution in [-0.4, -0.2) is 20.8 Å². The van der Waals surface area contributed by atoms with Gasteiger partial charge in [-0.25, -0.2) is 9.89 Å². The molecule has 2 unspecified atom stereocenters. The summed E-state index contributed by atoms with van der Waals surface area (Å²) in [5.74, 6) is 0. The van der Waals surface area contributed by atoms with E-state index < -0.39 is 0 Å². The molecule has 0 amide bonds. The fourth-order valence-electron chi connectivity index (χ4n) is 1.96. The maximum atomic E-state index is 11.7. The van der Waals surface area contributed by atoms with Crippen molar-refractivity contribution >= 4 is 23.1 Å². The van der Waals surface area contributed by atoms with Crippen LogP contribution in [0.5, 0.6) is 0 Å². The van der Waals surface area contributed by atoms with Gasteiger partial charge in [0.05, 0.1) is 5.25 Å². The molecule has 7 heteroatoms. The van der Waals surface area contributed by atoms with Crippen LogP contribution < -0.4 is 11.4 Å². The maximum absolute atomic E-state index is 11.7. The molecule has 0 aromatic carbocycles. The second kappa shape index (κ2) is 6.60. The van der Waals surface area contributed by atoms with Crippen molar-refractivity contribution < 1.29 is 0 Å². The van der Waals surface area contributed by atoms with Gasteiger partial charge in [0, 0.05) is 22.3 Å². The van der Waals surface area contributed by atoms with Crippen LogP contribution in [0.1, 0.15) is 35.3 Å². The van der Waals surface area contributed by atoms with Gasteiger partial charge in [0.1, 0.15) is 0 Å². The number of thiophene rings is 1. The van der Waals surface area contributed by atoms with Gasteiger partial charge in [-0.3, -0.25) is 4.57 Å². The predicted molar refractivity (Wildman–Crippen MR) is 84.4 cm³/mol. The first kappa shape index (κ1) is 15.3. The van der Waals surface area contributed by atoms with Crippen molar-refractivity contribution in [2.75, 3.05) is 0 Å². The number of rotatable bonds is 6. The molecule has 2 heterocycles. The Morgan fingerprint density at radius 3 is 2.85 bits per heavy atom. The third kappa shape index (κ3) is 3.34. The summed E-state index contributed by atoms with van der Waals surface area (Å²) in [6.07, 6.45) is 0.897. The van der Waals surface area contributed by atoms with E-state index in [1.807, 2.05) is 13.8 Å². The number of nitrogens with two attached hydrogens (primary N) is 1. The van der Waals surface area contributed by atoms with Gasteiger partial charge in [-0.15, -0.1) is 16.4 Å². The molecule has 0 aliphatic carbocycles. The summed E-state index contributed by atoms with van der Waals surface area (Å²) in [4.78, 5) is 14.2. The molecule has 2 atom stereocenters. The highest BCUT2D eigenvalue weighted by atomic mass is 32.2. The van der Waals surface area contributed by atoms with Crippen molar-refractivity contribution in [3.05, 3.63) is 32.4 Å². The van der Waals surface area contributed by atoms with Crippen molar-refractivity contribution in [1.29, 1.82) is 0 Å². The lowest BCUT2D eigenvalue weighted by Crippen LogP contribution is -2.23. The molecule has 0 radical (unpaired) electrons. The van der Waals surface area contributed by atoms with Crippen LogP contribution in [0.15, 0.2) is 22.1 Å². The van der Waals surface area contributed by atoms with Gasteiger partial charge < -0.3 is 5.73 Å². The van der Waals surface area contributed by atoms with Gasteiger partial charge in [-0.05, 0) is 32.4 Å². The van der Waals surface area contributed by atoms with Crippen LogP contribution in [0.2, 0.25) is 0 Å². The molecule has 2 aromatic rings. The van der Waals surface area contributed by atoms with Gasteiger partial charge in [0.2, 0.25) is 0 Å². The average molecular weight is 312 g/mol. The lowest BCUT2D eigenvalue weighted by Gasteiger charge is -2.18. The molecule has 0 spiro atoms. The highest BCUT2D eigenvalue weighted by Gasteiger charge is 2.22. The Labute approximate surface area is 126 Å². The summed E-state index contributed by atoms with van der Waals surface area (Å²) in [6.45, 7) is 6.78. The Morgan fingerprint density at radius 2 is 2.30 bits per heavy atom. The van der Waals surface area contributed by atoms with E-state index in [1.54, 1.807) is 27.7 Å². The third-order valence-electron chi connectivity index (χ3n) is 2.92. The first-order valence-corrected chi connectivity index (χ1v) is 8.36. The molecule has 2 aromatic heterocycles. The van der Waals surface area contributed by atoms with Crippen molar-refractivity contribution in [2.24, 2.45) is 5.73 Å². The van der Waals surface area contributed by atoms with Gasteiger partial charge >= 0.3 is 5.69 Å². The number of hydrogen-bond donors (Lipinski definition) is 2. The fourth-order valence-corrected chi connectivity index (χ4v) is 4.26. The van der Waals surface area contributed by atoms with E-state index in [0.717, 1.165) is 6.42 Å². The number of aryl methyl sites for hydroxylation is 1. The number of nitrogens with one attached hydrogen (secondary N) is 1. The van der Waals surface area contributed by atoms with Crippen molar-refractivity contribution in [3.63, 3.8) is 0 Å². The first-order chi connectivity index (χ1) is 9.52. The lowest BCUT2D eigenvalue weighted by atomic mass is 10.2. The number of hydrogen-bond acceptors (Lipinski definition) is 5. The molecular formula is C13H20N4OS2. The molecule has 0 aliphatic heterocycles. The number of aromatic amines is 1. The van der Waals surface area contributed by atoms with E-state index in [4.69, 9.17) is 5.73 Å². The summed E-state index contributed by atoms with van der Waals surface area (Å²) >= 11 is 3.30. The molecular weight excluding hydrogens is 292 g/mol. The Kier molecular flexibility index (Phi) is 5.06. The zero-order valence-corrected chi connectivity index (χ0v) is 13.6. The van der Waals surface area contributed by atoms with E-state index in [9.17, 15) is 4.79 Å². The minimum absolute atomic E-state index is 0.0140. The molecule has 2 rings (SSSR count). The number of aromatic nitrogens is 3. The van der Waals surface area contributed by atoms with E-state index >= 15 is 0 Å². The highest BCUT2D eigenvalue weighted by Crippen LogP contribution is 2.38. The molecule has 20 heavy (non-hydrogen) atoms. The van der Waals surface area contributed by atoms with Gasteiger partial charge in [0.25, 0.3) is 0 Å². The SMILES string of the molecule is CCCn1c(SC(c2ccc(C)s2)C(C)N)n[nH]c1=O. The smallest absolute Gasteiger partial charge is 0.327 e. The molecule has 110 valence electrons. The topological polar surface area (TPSA) is 76.7 Å². The van der Waals surface area contributed by atoms with Crippen LogP contribution in [0, 0.1) is 6.92 Å². The normalized spacial score (nSPS) is 14.4. The van der Waals surface area contributed by atoms with Crippen LogP contribution in [0.4, 0.5) is 0 Å². The fraction of sp³-hybridized carbons (Fsp3) is 0.538.